The first-order valence-corrected chi connectivity index (χ1v) is 13.2. The summed E-state index contributed by atoms with van der Waals surface area (Å²) in [4.78, 5) is 16.8. The summed E-state index contributed by atoms with van der Waals surface area (Å²) in [5.74, 6) is 6.21. The third kappa shape index (κ3) is 5.50. The van der Waals surface area contributed by atoms with E-state index in [2.05, 4.69) is 72.5 Å². The molecule has 0 unspecified atom stereocenters. The molecule has 0 heterocycles. The number of esters is 1. The Bertz CT molecular complexity index is 1280. The molecule has 0 aromatic heterocycles. The van der Waals surface area contributed by atoms with Gasteiger partial charge in [0, 0.05) is 5.56 Å². The molecule has 0 saturated heterocycles. The van der Waals surface area contributed by atoms with Crippen molar-refractivity contribution in [2.45, 2.75) is 46.0 Å². The van der Waals surface area contributed by atoms with Crippen LogP contribution < -0.4 is 0 Å². The van der Waals surface area contributed by atoms with Crippen molar-refractivity contribution < 1.29 is 9.53 Å². The van der Waals surface area contributed by atoms with Crippen LogP contribution in [0.3, 0.4) is 0 Å². The number of carbonyl (C=O) groups is 1. The smallest absolute Gasteiger partial charge is 0.339 e. The zero-order valence-electron chi connectivity index (χ0n) is 19.5. The van der Waals surface area contributed by atoms with Crippen molar-refractivity contribution in [3.63, 3.8) is 0 Å². The maximum atomic E-state index is 13.2. The van der Waals surface area contributed by atoms with Gasteiger partial charge in [0.25, 0.3) is 0 Å². The summed E-state index contributed by atoms with van der Waals surface area (Å²) in [5.41, 5.74) is 0.795. The van der Waals surface area contributed by atoms with Gasteiger partial charge >= 0.3 is 5.97 Å². The number of carbonyl (C=O) groups excluding carboxylic acids is 1. The molecule has 0 aliphatic heterocycles. The van der Waals surface area contributed by atoms with Gasteiger partial charge in [-0.3, -0.25) is 0 Å². The monoisotopic (exact) mass is 475 g/mol. The summed E-state index contributed by atoms with van der Waals surface area (Å²) in [6.07, 6.45) is 3.60. The average molecular weight is 476 g/mol. The maximum absolute atomic E-state index is 13.2. The lowest BCUT2D eigenvalue weighted by Gasteiger charge is -2.23. The predicted octanol–water partition coefficient (Wildman–Crippen LogP) is 7.30. The van der Waals surface area contributed by atoms with E-state index in [0.717, 1.165) is 31.2 Å². The third-order valence-electron chi connectivity index (χ3n) is 6.19. The second-order valence-corrected chi connectivity index (χ2v) is 10.7. The Hall–Kier alpha value is -3.74. The van der Waals surface area contributed by atoms with Gasteiger partial charge in [-0.05, 0) is 92.3 Å². The molecule has 1 saturated carbocycles. The highest BCUT2D eigenvalue weighted by molar-refractivity contribution is 7.97. The molecule has 1 fully saturated rings. The van der Waals surface area contributed by atoms with Crippen molar-refractivity contribution >= 4 is 16.9 Å². The highest BCUT2D eigenvalue weighted by atomic mass is 32.2. The lowest BCUT2D eigenvalue weighted by atomic mass is 10.0. The van der Waals surface area contributed by atoms with Crippen LogP contribution >= 0.6 is 0 Å². The minimum atomic E-state index is -0.704. The summed E-state index contributed by atoms with van der Waals surface area (Å²) in [6.45, 7) is 0. The number of hydrogen-bond acceptors (Lipinski definition) is 2. The Morgan fingerprint density at radius 3 is 1.69 bits per heavy atom. The molecule has 4 aromatic carbocycles. The van der Waals surface area contributed by atoms with E-state index in [9.17, 15) is 4.79 Å². The van der Waals surface area contributed by atoms with E-state index in [1.54, 1.807) is 0 Å². The highest BCUT2D eigenvalue weighted by Gasteiger charge is 2.37. The van der Waals surface area contributed by atoms with Crippen molar-refractivity contribution in [2.24, 2.45) is 0 Å². The fraction of sp³-hybridized carbons (Fsp3) is 0.156. The normalized spacial score (nSPS) is 14.2. The zero-order chi connectivity index (χ0) is 23.9. The summed E-state index contributed by atoms with van der Waals surface area (Å²) in [5, 5.41) is 0. The van der Waals surface area contributed by atoms with Crippen molar-refractivity contribution in [3.05, 3.63) is 126 Å². The lowest BCUT2D eigenvalue weighted by Crippen LogP contribution is -2.30. The largest absolute Gasteiger partial charge is 0.442 e. The lowest BCUT2D eigenvalue weighted by molar-refractivity contribution is 0.0103. The van der Waals surface area contributed by atoms with Crippen LogP contribution in [0.2, 0.25) is 0 Å². The summed E-state index contributed by atoms with van der Waals surface area (Å²) in [7, 11) is -0.247. The summed E-state index contributed by atoms with van der Waals surface area (Å²) < 4.78 is 6.07. The molecule has 0 bridgehead atoms. The molecule has 0 amide bonds. The number of benzene rings is 4. The van der Waals surface area contributed by atoms with Crippen LogP contribution in [0.1, 0.15) is 41.6 Å². The van der Waals surface area contributed by atoms with Crippen LogP contribution in [-0.4, -0.2) is 11.6 Å². The van der Waals surface area contributed by atoms with E-state index in [-0.39, 0.29) is 16.9 Å². The third-order valence-corrected chi connectivity index (χ3v) is 8.42. The van der Waals surface area contributed by atoms with Crippen molar-refractivity contribution in [2.75, 3.05) is 0 Å². The van der Waals surface area contributed by atoms with Crippen LogP contribution in [0.5, 0.6) is 0 Å². The van der Waals surface area contributed by atoms with Crippen LogP contribution in [-0.2, 0) is 15.6 Å². The Morgan fingerprint density at radius 1 is 0.657 bits per heavy atom. The number of hydrogen-bond donors (Lipinski definition) is 0. The first kappa shape index (κ1) is 23.0. The number of rotatable bonds is 5. The van der Waals surface area contributed by atoms with Crippen LogP contribution in [0.15, 0.2) is 130 Å². The van der Waals surface area contributed by atoms with Crippen molar-refractivity contribution in [1.29, 1.82) is 0 Å². The highest BCUT2D eigenvalue weighted by Crippen LogP contribution is 2.34. The van der Waals surface area contributed by atoms with Gasteiger partial charge in [-0.2, -0.15) is 0 Å². The Kier molecular flexibility index (Phi) is 7.02. The Balaban J connectivity index is 1.38. The van der Waals surface area contributed by atoms with Crippen molar-refractivity contribution in [3.8, 4) is 11.8 Å². The molecule has 5 rings (SSSR count). The topological polar surface area (TPSA) is 26.3 Å². The predicted molar refractivity (Wildman–Crippen MR) is 141 cm³/mol. The molecule has 35 heavy (non-hydrogen) atoms. The first-order valence-electron chi connectivity index (χ1n) is 12.0. The standard InChI is InChI=1S/C32H27O2S/c33-31(34-32(23-10-11-24-32)25-22-26-12-4-1-5-13-26)27-18-20-30(21-19-27)35(28-14-6-2-7-15-28)29-16-8-3-9-17-29/h1-9,12-21H,10-11,23-24H2/q+1. The molecule has 4 aromatic rings. The van der Waals surface area contributed by atoms with E-state index in [0.29, 0.717) is 5.56 Å². The summed E-state index contributed by atoms with van der Waals surface area (Å²) >= 11 is 0. The molecule has 172 valence electrons. The molecule has 0 N–H and O–H groups in total. The Morgan fingerprint density at radius 2 is 1.14 bits per heavy atom. The van der Waals surface area contributed by atoms with Gasteiger partial charge in [0.1, 0.15) is 0 Å². The van der Waals surface area contributed by atoms with Gasteiger partial charge in [-0.25, -0.2) is 4.79 Å². The van der Waals surface area contributed by atoms with Gasteiger partial charge in [0.15, 0.2) is 20.3 Å². The second-order valence-electron chi connectivity index (χ2n) is 8.66. The molecule has 0 radical (unpaired) electrons. The molecule has 2 nitrogen and oxygen atoms in total. The quantitative estimate of drug-likeness (QED) is 0.172. The SMILES string of the molecule is O=C(OC1(C#Cc2ccccc2)CCCC1)c1ccc([S+](c2ccccc2)c2ccccc2)cc1. The maximum Gasteiger partial charge on any atom is 0.339 e. The molecular weight excluding hydrogens is 448 g/mol. The van der Waals surface area contributed by atoms with E-state index in [1.807, 2.05) is 54.6 Å². The molecule has 0 atom stereocenters. The van der Waals surface area contributed by atoms with Gasteiger partial charge in [-0.1, -0.05) is 60.5 Å². The van der Waals surface area contributed by atoms with E-state index in [4.69, 9.17) is 4.74 Å². The van der Waals surface area contributed by atoms with E-state index >= 15 is 0 Å². The van der Waals surface area contributed by atoms with Crippen LogP contribution in [0, 0.1) is 11.8 Å². The average Bonchev–Trinajstić information content (AvgIpc) is 3.38. The number of ether oxygens (including phenoxy) is 1. The van der Waals surface area contributed by atoms with Gasteiger partial charge in [0.05, 0.1) is 16.5 Å². The molecule has 1 aliphatic rings. The molecule has 1 aliphatic carbocycles. The molecular formula is C32H27O2S+. The molecule has 3 heteroatoms. The van der Waals surface area contributed by atoms with Crippen molar-refractivity contribution in [1.82, 2.24) is 0 Å². The Labute approximate surface area is 210 Å². The van der Waals surface area contributed by atoms with Gasteiger partial charge < -0.3 is 4.74 Å². The van der Waals surface area contributed by atoms with Gasteiger partial charge in [-0.15, -0.1) is 0 Å². The minimum absolute atomic E-state index is 0.247. The minimum Gasteiger partial charge on any atom is -0.442 e. The molecule has 0 spiro atoms. The van der Waals surface area contributed by atoms with E-state index in [1.165, 1.54) is 14.7 Å². The fourth-order valence-corrected chi connectivity index (χ4v) is 6.47. The van der Waals surface area contributed by atoms with Gasteiger partial charge in [0.2, 0.25) is 0 Å². The summed E-state index contributed by atoms with van der Waals surface area (Å²) in [6, 6.07) is 38.7. The van der Waals surface area contributed by atoms with Crippen LogP contribution in [0.4, 0.5) is 0 Å². The first-order chi connectivity index (χ1) is 17.2. The fourth-order valence-electron chi connectivity index (χ4n) is 4.39. The second kappa shape index (κ2) is 10.7. The van der Waals surface area contributed by atoms with Crippen LogP contribution in [0.25, 0.3) is 0 Å². The van der Waals surface area contributed by atoms with E-state index < -0.39 is 5.60 Å². The zero-order valence-corrected chi connectivity index (χ0v) is 20.3.